The summed E-state index contributed by atoms with van der Waals surface area (Å²) >= 11 is 0. The SMILES string of the molecule is Cc1cccc(Oc2nc3c(C)cccn3c(=O)c2C=O)c1. The van der Waals surface area contributed by atoms with Crippen LogP contribution in [0, 0.1) is 13.8 Å². The van der Waals surface area contributed by atoms with E-state index in [9.17, 15) is 9.59 Å². The Morgan fingerprint density at radius 1 is 1.18 bits per heavy atom. The zero-order valence-corrected chi connectivity index (χ0v) is 12.2. The van der Waals surface area contributed by atoms with Crippen LogP contribution in [0.3, 0.4) is 0 Å². The number of ether oxygens (including phenoxy) is 1. The van der Waals surface area contributed by atoms with Crippen molar-refractivity contribution in [1.82, 2.24) is 9.38 Å². The van der Waals surface area contributed by atoms with Crippen LogP contribution < -0.4 is 10.3 Å². The van der Waals surface area contributed by atoms with Gasteiger partial charge in [0.25, 0.3) is 5.56 Å². The molecule has 3 rings (SSSR count). The Balaban J connectivity index is 2.22. The third-order valence-electron chi connectivity index (χ3n) is 3.37. The Bertz CT molecular complexity index is 929. The second-order valence-corrected chi connectivity index (χ2v) is 5.06. The number of aromatic nitrogens is 2. The van der Waals surface area contributed by atoms with Crippen LogP contribution in [0.2, 0.25) is 0 Å². The standard InChI is InChI=1S/C17H14N2O3/c1-11-5-3-7-13(9-11)22-16-14(10-20)17(21)19-8-4-6-12(2)15(19)18-16/h3-10H,1-2H3. The molecule has 5 nitrogen and oxygen atoms in total. The Hall–Kier alpha value is -2.95. The molecule has 0 N–H and O–H groups in total. The summed E-state index contributed by atoms with van der Waals surface area (Å²) in [4.78, 5) is 28.0. The van der Waals surface area contributed by atoms with Gasteiger partial charge < -0.3 is 4.74 Å². The number of fused-ring (bicyclic) bond motifs is 1. The molecular weight excluding hydrogens is 280 g/mol. The van der Waals surface area contributed by atoms with E-state index in [4.69, 9.17) is 4.74 Å². The number of hydrogen-bond donors (Lipinski definition) is 0. The monoisotopic (exact) mass is 294 g/mol. The molecule has 0 radical (unpaired) electrons. The molecule has 0 unspecified atom stereocenters. The molecule has 22 heavy (non-hydrogen) atoms. The van der Waals surface area contributed by atoms with E-state index in [-0.39, 0.29) is 11.4 Å². The zero-order valence-electron chi connectivity index (χ0n) is 12.2. The average molecular weight is 294 g/mol. The van der Waals surface area contributed by atoms with Gasteiger partial charge in [-0.2, -0.15) is 4.98 Å². The minimum Gasteiger partial charge on any atom is -0.438 e. The highest BCUT2D eigenvalue weighted by molar-refractivity contribution is 5.78. The number of carbonyl (C=O) groups is 1. The second kappa shape index (κ2) is 5.44. The lowest BCUT2D eigenvalue weighted by molar-refractivity contribution is 0.111. The summed E-state index contributed by atoms with van der Waals surface area (Å²) in [6.07, 6.45) is 2.07. The number of nitrogens with zero attached hydrogens (tertiary/aromatic N) is 2. The maximum atomic E-state index is 12.4. The fourth-order valence-corrected chi connectivity index (χ4v) is 2.26. The highest BCUT2D eigenvalue weighted by Gasteiger charge is 2.15. The molecule has 110 valence electrons. The van der Waals surface area contributed by atoms with E-state index >= 15 is 0 Å². The van der Waals surface area contributed by atoms with Crippen LogP contribution in [0.1, 0.15) is 21.5 Å². The summed E-state index contributed by atoms with van der Waals surface area (Å²) in [5.41, 5.74) is 1.78. The molecular formula is C17H14N2O3. The van der Waals surface area contributed by atoms with Crippen molar-refractivity contribution >= 4 is 11.9 Å². The van der Waals surface area contributed by atoms with E-state index in [1.54, 1.807) is 18.3 Å². The molecule has 0 aliphatic heterocycles. The van der Waals surface area contributed by atoms with Gasteiger partial charge in [-0.15, -0.1) is 0 Å². The Morgan fingerprint density at radius 2 is 2.00 bits per heavy atom. The fourth-order valence-electron chi connectivity index (χ4n) is 2.26. The van der Waals surface area contributed by atoms with E-state index in [1.165, 1.54) is 4.40 Å². The zero-order chi connectivity index (χ0) is 15.7. The van der Waals surface area contributed by atoms with E-state index in [0.29, 0.717) is 17.7 Å². The molecule has 0 saturated carbocycles. The number of benzene rings is 1. The van der Waals surface area contributed by atoms with Crippen LogP contribution >= 0.6 is 0 Å². The van der Waals surface area contributed by atoms with E-state index in [2.05, 4.69) is 4.98 Å². The lowest BCUT2D eigenvalue weighted by Gasteiger charge is -2.10. The van der Waals surface area contributed by atoms with E-state index in [0.717, 1.165) is 11.1 Å². The van der Waals surface area contributed by atoms with Gasteiger partial charge in [0.15, 0.2) is 6.29 Å². The first kappa shape index (κ1) is 14.0. The third kappa shape index (κ3) is 2.37. The van der Waals surface area contributed by atoms with Crippen molar-refractivity contribution in [1.29, 1.82) is 0 Å². The number of aryl methyl sites for hydroxylation is 2. The van der Waals surface area contributed by atoms with Crippen molar-refractivity contribution in [3.8, 4) is 11.6 Å². The van der Waals surface area contributed by atoms with E-state index in [1.807, 2.05) is 38.1 Å². The maximum Gasteiger partial charge on any atom is 0.272 e. The second-order valence-electron chi connectivity index (χ2n) is 5.06. The number of hydrogen-bond acceptors (Lipinski definition) is 4. The third-order valence-corrected chi connectivity index (χ3v) is 3.37. The van der Waals surface area contributed by atoms with Crippen molar-refractivity contribution < 1.29 is 9.53 Å². The van der Waals surface area contributed by atoms with Crippen LogP contribution in [0.5, 0.6) is 11.6 Å². The molecule has 0 spiro atoms. The summed E-state index contributed by atoms with van der Waals surface area (Å²) in [6.45, 7) is 3.78. The van der Waals surface area contributed by atoms with Gasteiger partial charge in [0.2, 0.25) is 5.88 Å². The number of aldehydes is 1. The van der Waals surface area contributed by atoms with Gasteiger partial charge in [-0.1, -0.05) is 18.2 Å². The Labute approximate surface area is 126 Å². The minimum atomic E-state index is -0.439. The largest absolute Gasteiger partial charge is 0.438 e. The van der Waals surface area contributed by atoms with Gasteiger partial charge in [-0.3, -0.25) is 14.0 Å². The fraction of sp³-hybridized carbons (Fsp3) is 0.118. The molecule has 2 heterocycles. The number of pyridine rings is 1. The Kier molecular flexibility index (Phi) is 3.47. The molecule has 0 saturated heterocycles. The van der Waals surface area contributed by atoms with Gasteiger partial charge >= 0.3 is 0 Å². The Morgan fingerprint density at radius 3 is 2.73 bits per heavy atom. The molecule has 1 aromatic carbocycles. The van der Waals surface area contributed by atoms with Gasteiger partial charge in [0.05, 0.1) is 0 Å². The lowest BCUT2D eigenvalue weighted by Crippen LogP contribution is -2.21. The van der Waals surface area contributed by atoms with Gasteiger partial charge in [-0.05, 0) is 43.2 Å². The predicted octanol–water partition coefficient (Wildman–Crippen LogP) is 2.92. The maximum absolute atomic E-state index is 12.4. The highest BCUT2D eigenvalue weighted by Crippen LogP contribution is 2.22. The van der Waals surface area contributed by atoms with Crippen molar-refractivity contribution in [2.24, 2.45) is 0 Å². The smallest absolute Gasteiger partial charge is 0.272 e. The molecule has 2 aromatic heterocycles. The first-order valence-electron chi connectivity index (χ1n) is 6.82. The first-order chi connectivity index (χ1) is 10.6. The van der Waals surface area contributed by atoms with Gasteiger partial charge in [0, 0.05) is 6.20 Å². The quantitative estimate of drug-likeness (QED) is 0.697. The molecule has 0 fully saturated rings. The van der Waals surface area contributed by atoms with Gasteiger partial charge in [-0.25, -0.2) is 0 Å². The summed E-state index contributed by atoms with van der Waals surface area (Å²) in [5.74, 6) is 0.563. The van der Waals surface area contributed by atoms with Crippen LogP contribution in [-0.2, 0) is 0 Å². The predicted molar refractivity (Wildman–Crippen MR) is 82.8 cm³/mol. The molecule has 0 aliphatic rings. The highest BCUT2D eigenvalue weighted by atomic mass is 16.5. The minimum absolute atomic E-state index is 0.0277. The molecule has 0 atom stereocenters. The molecule has 0 amide bonds. The van der Waals surface area contributed by atoms with Crippen molar-refractivity contribution in [2.75, 3.05) is 0 Å². The normalized spacial score (nSPS) is 10.6. The van der Waals surface area contributed by atoms with Crippen LogP contribution in [0.4, 0.5) is 0 Å². The van der Waals surface area contributed by atoms with Gasteiger partial charge in [0.1, 0.15) is 17.0 Å². The van der Waals surface area contributed by atoms with Crippen molar-refractivity contribution in [3.05, 3.63) is 69.6 Å². The summed E-state index contributed by atoms with van der Waals surface area (Å²) in [5, 5.41) is 0. The number of carbonyl (C=O) groups excluding carboxylic acids is 1. The van der Waals surface area contributed by atoms with Crippen molar-refractivity contribution in [2.45, 2.75) is 13.8 Å². The molecule has 0 aliphatic carbocycles. The first-order valence-corrected chi connectivity index (χ1v) is 6.82. The summed E-state index contributed by atoms with van der Waals surface area (Å²) in [7, 11) is 0. The molecule has 0 bridgehead atoms. The van der Waals surface area contributed by atoms with Crippen LogP contribution in [0.15, 0.2) is 47.4 Å². The summed E-state index contributed by atoms with van der Waals surface area (Å²) < 4.78 is 7.02. The van der Waals surface area contributed by atoms with E-state index < -0.39 is 5.56 Å². The van der Waals surface area contributed by atoms with Crippen LogP contribution in [-0.4, -0.2) is 15.7 Å². The average Bonchev–Trinajstić information content (AvgIpc) is 2.49. The molecule has 3 aromatic rings. The molecule has 5 heteroatoms. The summed E-state index contributed by atoms with van der Waals surface area (Å²) in [6, 6.07) is 10.9. The lowest BCUT2D eigenvalue weighted by atomic mass is 10.2. The van der Waals surface area contributed by atoms with Crippen LogP contribution in [0.25, 0.3) is 5.65 Å². The number of rotatable bonds is 3. The topological polar surface area (TPSA) is 60.7 Å². The van der Waals surface area contributed by atoms with Crippen molar-refractivity contribution in [3.63, 3.8) is 0 Å².